The highest BCUT2D eigenvalue weighted by Crippen LogP contribution is 2.35. The number of ether oxygens (including phenoxy) is 1. The fourth-order valence-electron chi connectivity index (χ4n) is 3.46. The summed E-state index contributed by atoms with van der Waals surface area (Å²) >= 11 is 0. The molecular weight excluding hydrogens is 378 g/mol. The first-order chi connectivity index (χ1) is 14.6. The summed E-state index contributed by atoms with van der Waals surface area (Å²) in [7, 11) is 0. The van der Waals surface area contributed by atoms with Crippen LogP contribution in [0, 0.1) is 6.92 Å². The van der Waals surface area contributed by atoms with Gasteiger partial charge >= 0.3 is 0 Å². The van der Waals surface area contributed by atoms with Gasteiger partial charge in [0.1, 0.15) is 11.0 Å². The minimum atomic E-state index is 0.263. The van der Waals surface area contributed by atoms with Crippen molar-refractivity contribution in [1.82, 2.24) is 29.7 Å². The normalized spacial score (nSPS) is 12.3. The lowest BCUT2D eigenvalue weighted by molar-refractivity contribution is 0.328. The van der Waals surface area contributed by atoms with Gasteiger partial charge in [0.2, 0.25) is 5.88 Å². The Morgan fingerprint density at radius 1 is 1.30 bits per heavy atom. The Hall–Kier alpha value is -3.42. The number of aryl methyl sites for hydroxylation is 1. The molecule has 4 aromatic rings. The fraction of sp³-hybridized carbons (Fsp3) is 0.364. The molecule has 0 aliphatic carbocycles. The number of pyridine rings is 2. The maximum Gasteiger partial charge on any atom is 0.222 e. The Bertz CT molecular complexity index is 1130. The van der Waals surface area contributed by atoms with Gasteiger partial charge in [-0.2, -0.15) is 5.10 Å². The lowest BCUT2D eigenvalue weighted by Gasteiger charge is -2.16. The van der Waals surface area contributed by atoms with E-state index in [1.807, 2.05) is 32.2 Å². The molecule has 8 nitrogen and oxygen atoms in total. The van der Waals surface area contributed by atoms with Crippen molar-refractivity contribution in [1.29, 1.82) is 0 Å². The first kappa shape index (κ1) is 19.9. The van der Waals surface area contributed by atoms with Crippen molar-refractivity contribution in [2.45, 2.75) is 46.7 Å². The first-order valence-corrected chi connectivity index (χ1v) is 10.3. The van der Waals surface area contributed by atoms with E-state index in [1.54, 1.807) is 12.5 Å². The standard InChI is InChI=1S/C22H27N7O/c1-5-14(3)29-21-19(25-12-16-11-23-13-26-16)10-18(27-20(21)15(4)28-29)17-8-7-9-24-22(17)30-6-2/h7-11,13-14H,5-6,12H2,1-4H3,(H,23,26)(H,25,27)/t14-/m1/s1. The van der Waals surface area contributed by atoms with E-state index in [1.165, 1.54) is 0 Å². The average Bonchev–Trinajstić information content (AvgIpc) is 3.40. The van der Waals surface area contributed by atoms with E-state index >= 15 is 0 Å². The van der Waals surface area contributed by atoms with Crippen LogP contribution in [0.5, 0.6) is 5.88 Å². The average molecular weight is 406 g/mol. The van der Waals surface area contributed by atoms with Gasteiger partial charge in [-0.05, 0) is 45.4 Å². The third-order valence-electron chi connectivity index (χ3n) is 5.18. The molecule has 0 aliphatic heterocycles. The number of imidazole rings is 1. The summed E-state index contributed by atoms with van der Waals surface area (Å²) in [5, 5.41) is 8.36. The Labute approximate surface area is 175 Å². The summed E-state index contributed by atoms with van der Waals surface area (Å²) in [5.74, 6) is 0.582. The van der Waals surface area contributed by atoms with Crippen molar-refractivity contribution in [3.63, 3.8) is 0 Å². The molecule has 0 spiro atoms. The lowest BCUT2D eigenvalue weighted by atomic mass is 10.1. The number of anilines is 1. The number of nitrogens with one attached hydrogen (secondary N) is 2. The highest BCUT2D eigenvalue weighted by Gasteiger charge is 2.20. The summed E-state index contributed by atoms with van der Waals surface area (Å²) in [6, 6.07) is 6.20. The van der Waals surface area contributed by atoms with E-state index in [2.05, 4.69) is 44.9 Å². The van der Waals surface area contributed by atoms with Gasteiger partial charge in [0, 0.05) is 18.4 Å². The molecule has 0 fully saturated rings. The third kappa shape index (κ3) is 3.72. The summed E-state index contributed by atoms with van der Waals surface area (Å²) in [6.07, 6.45) is 6.21. The van der Waals surface area contributed by atoms with E-state index < -0.39 is 0 Å². The van der Waals surface area contributed by atoms with Gasteiger partial charge in [0.15, 0.2) is 0 Å². The highest BCUT2D eigenvalue weighted by atomic mass is 16.5. The predicted octanol–water partition coefficient (Wildman–Crippen LogP) is 4.51. The smallest absolute Gasteiger partial charge is 0.222 e. The van der Waals surface area contributed by atoms with Gasteiger partial charge in [0.05, 0.1) is 47.8 Å². The number of hydrogen-bond donors (Lipinski definition) is 2. The van der Waals surface area contributed by atoms with E-state index in [4.69, 9.17) is 14.8 Å². The Kier molecular flexibility index (Phi) is 5.65. The molecule has 0 aliphatic rings. The van der Waals surface area contributed by atoms with Crippen LogP contribution in [0.1, 0.15) is 44.6 Å². The SMILES string of the molecule is CCOc1ncccc1-c1cc(NCc2cnc[nH]2)c2c(n1)c(C)nn2[C@H](C)CC. The molecule has 4 rings (SSSR count). The molecule has 0 saturated heterocycles. The Morgan fingerprint density at radius 3 is 2.90 bits per heavy atom. The van der Waals surface area contributed by atoms with Crippen LogP contribution in [-0.4, -0.2) is 36.3 Å². The number of hydrogen-bond acceptors (Lipinski definition) is 6. The minimum absolute atomic E-state index is 0.263. The van der Waals surface area contributed by atoms with Crippen molar-refractivity contribution in [3.8, 4) is 17.1 Å². The molecular formula is C22H27N7O. The van der Waals surface area contributed by atoms with Crippen LogP contribution >= 0.6 is 0 Å². The molecule has 0 radical (unpaired) electrons. The topological polar surface area (TPSA) is 93.5 Å². The summed E-state index contributed by atoms with van der Waals surface area (Å²) in [5.41, 5.74) is 6.43. The molecule has 0 amide bonds. The van der Waals surface area contributed by atoms with Gasteiger partial charge < -0.3 is 15.0 Å². The summed E-state index contributed by atoms with van der Waals surface area (Å²) in [4.78, 5) is 16.6. The van der Waals surface area contributed by atoms with Crippen LogP contribution in [-0.2, 0) is 6.54 Å². The number of aromatic nitrogens is 6. The van der Waals surface area contributed by atoms with Gasteiger partial charge in [0.25, 0.3) is 0 Å². The second-order valence-electron chi connectivity index (χ2n) is 7.26. The molecule has 8 heteroatoms. The van der Waals surface area contributed by atoms with Gasteiger partial charge in [-0.25, -0.2) is 15.0 Å². The fourth-order valence-corrected chi connectivity index (χ4v) is 3.46. The van der Waals surface area contributed by atoms with Gasteiger partial charge in [-0.15, -0.1) is 0 Å². The highest BCUT2D eigenvalue weighted by molar-refractivity contribution is 5.93. The second kappa shape index (κ2) is 8.52. The zero-order valence-corrected chi connectivity index (χ0v) is 17.8. The number of rotatable bonds is 8. The van der Waals surface area contributed by atoms with Crippen LogP contribution in [0.3, 0.4) is 0 Å². The molecule has 0 saturated carbocycles. The zero-order chi connectivity index (χ0) is 21.1. The van der Waals surface area contributed by atoms with Crippen molar-refractivity contribution >= 4 is 16.7 Å². The maximum atomic E-state index is 5.75. The Morgan fingerprint density at radius 2 is 2.17 bits per heavy atom. The molecule has 4 heterocycles. The lowest BCUT2D eigenvalue weighted by Crippen LogP contribution is -2.09. The molecule has 0 aromatic carbocycles. The minimum Gasteiger partial charge on any atom is -0.477 e. The monoisotopic (exact) mass is 405 g/mol. The molecule has 0 bridgehead atoms. The van der Waals surface area contributed by atoms with Crippen molar-refractivity contribution < 1.29 is 4.74 Å². The van der Waals surface area contributed by atoms with E-state index in [9.17, 15) is 0 Å². The van der Waals surface area contributed by atoms with E-state index in [0.29, 0.717) is 19.0 Å². The molecule has 4 aromatic heterocycles. The zero-order valence-electron chi connectivity index (χ0n) is 17.8. The van der Waals surface area contributed by atoms with Crippen LogP contribution < -0.4 is 10.1 Å². The van der Waals surface area contributed by atoms with Crippen LogP contribution in [0.15, 0.2) is 36.9 Å². The van der Waals surface area contributed by atoms with Gasteiger partial charge in [-0.1, -0.05) is 6.92 Å². The van der Waals surface area contributed by atoms with Crippen molar-refractivity contribution in [3.05, 3.63) is 48.3 Å². The largest absolute Gasteiger partial charge is 0.477 e. The number of fused-ring (bicyclic) bond motifs is 1. The van der Waals surface area contributed by atoms with E-state index in [0.717, 1.165) is 45.8 Å². The second-order valence-corrected chi connectivity index (χ2v) is 7.26. The molecule has 156 valence electrons. The predicted molar refractivity (Wildman–Crippen MR) is 118 cm³/mol. The Balaban J connectivity index is 1.88. The van der Waals surface area contributed by atoms with Crippen LogP contribution in [0.25, 0.3) is 22.3 Å². The van der Waals surface area contributed by atoms with Crippen molar-refractivity contribution in [2.24, 2.45) is 0 Å². The third-order valence-corrected chi connectivity index (χ3v) is 5.18. The number of nitrogens with zero attached hydrogens (tertiary/aromatic N) is 5. The van der Waals surface area contributed by atoms with Crippen LogP contribution in [0.2, 0.25) is 0 Å². The molecule has 1 atom stereocenters. The van der Waals surface area contributed by atoms with Crippen molar-refractivity contribution in [2.75, 3.05) is 11.9 Å². The number of aromatic amines is 1. The summed E-state index contributed by atoms with van der Waals surface area (Å²) in [6.45, 7) is 9.46. The quantitative estimate of drug-likeness (QED) is 0.448. The van der Waals surface area contributed by atoms with Gasteiger partial charge in [-0.3, -0.25) is 4.68 Å². The first-order valence-electron chi connectivity index (χ1n) is 10.3. The summed E-state index contributed by atoms with van der Waals surface area (Å²) < 4.78 is 7.82. The molecule has 30 heavy (non-hydrogen) atoms. The molecule has 2 N–H and O–H groups in total. The van der Waals surface area contributed by atoms with Crippen LogP contribution in [0.4, 0.5) is 5.69 Å². The van der Waals surface area contributed by atoms with E-state index in [-0.39, 0.29) is 6.04 Å². The molecule has 0 unspecified atom stereocenters. The maximum absolute atomic E-state index is 5.75. The number of H-pyrrole nitrogens is 1.